The van der Waals surface area contributed by atoms with E-state index in [-0.39, 0.29) is 43.0 Å². The van der Waals surface area contributed by atoms with Crippen LogP contribution in [0.2, 0.25) is 16.6 Å². The van der Waals surface area contributed by atoms with Crippen LogP contribution in [0.25, 0.3) is 0 Å². The molecule has 0 bridgehead atoms. The fourth-order valence-electron chi connectivity index (χ4n) is 7.58. The summed E-state index contributed by atoms with van der Waals surface area (Å²) in [5, 5.41) is 20.1. The molecule has 2 heterocycles. The highest BCUT2D eigenvalue weighted by atomic mass is 28.4. The Hall–Kier alpha value is -0.773. The number of rotatable bonds is 17. The third-order valence-corrected chi connectivity index (χ3v) is 15.8. The Morgan fingerprint density at radius 1 is 0.905 bits per heavy atom. The molecule has 0 saturated carbocycles. The maximum atomic E-state index is 11.7. The number of ether oxygens (including phenoxy) is 3. The van der Waals surface area contributed by atoms with Gasteiger partial charge in [-0.1, -0.05) is 74.5 Å². The van der Waals surface area contributed by atoms with Crippen molar-refractivity contribution >= 4 is 14.3 Å². The van der Waals surface area contributed by atoms with E-state index in [1.807, 2.05) is 6.08 Å². The molecule has 2 aliphatic rings. The zero-order valence-electron chi connectivity index (χ0n) is 28.4. The first-order valence-electron chi connectivity index (χ1n) is 16.8. The van der Waals surface area contributed by atoms with Crippen LogP contribution in [0, 0.1) is 11.8 Å². The van der Waals surface area contributed by atoms with Gasteiger partial charge in [0.25, 0.3) is 0 Å². The number of hydrogen-bond acceptors (Lipinski definition) is 6. The second-order valence-corrected chi connectivity index (χ2v) is 20.0. The fraction of sp³-hybridized carbons (Fsp3) is 0.912. The molecular formula is C34H64O7Si. The molecule has 7 nitrogen and oxygen atoms in total. The Labute approximate surface area is 258 Å². The predicted molar refractivity (Wildman–Crippen MR) is 172 cm³/mol. The molecule has 2 N–H and O–H groups in total. The molecule has 42 heavy (non-hydrogen) atoms. The summed E-state index contributed by atoms with van der Waals surface area (Å²) in [4.78, 5) is 11.7. The van der Waals surface area contributed by atoms with Crippen LogP contribution >= 0.6 is 0 Å². The normalized spacial score (nSPS) is 29.2. The lowest BCUT2D eigenvalue weighted by Crippen LogP contribution is -2.52. The summed E-state index contributed by atoms with van der Waals surface area (Å²) < 4.78 is 26.1. The number of carboxylic acids is 1. The molecular weight excluding hydrogens is 548 g/mol. The van der Waals surface area contributed by atoms with Gasteiger partial charge in [0.05, 0.1) is 49.1 Å². The quantitative estimate of drug-likeness (QED) is 0.127. The van der Waals surface area contributed by atoms with Crippen molar-refractivity contribution < 1.29 is 33.6 Å². The van der Waals surface area contributed by atoms with Crippen LogP contribution in [-0.2, 0) is 23.4 Å². The standard InChI is InChI=1S/C34H64O7Si/c1-22(2)12-11-13-27(35)16-28-15-14-26(9)33(40-28)20-29(38-10)17-30-18-32(19-31(39-30)21-34(36)37)41-42(23(3)4,24(5)6)25(7)8/h11,13,22-33,35H,12,14-21H2,1-10H3,(H,36,37)/b13-11+/t26-,27+,28-,29+,30+,31+,32-,33+/m0/s1. The van der Waals surface area contributed by atoms with Gasteiger partial charge in [-0.3, -0.25) is 4.79 Å². The Bertz CT molecular complexity index is 792. The Kier molecular flexibility index (Phi) is 15.7. The van der Waals surface area contributed by atoms with Gasteiger partial charge in [-0.2, -0.15) is 0 Å². The third-order valence-electron chi connectivity index (χ3n) is 9.69. The highest BCUT2D eigenvalue weighted by Crippen LogP contribution is 2.45. The van der Waals surface area contributed by atoms with E-state index in [1.165, 1.54) is 0 Å². The lowest BCUT2D eigenvalue weighted by molar-refractivity contribution is -0.150. The number of aliphatic hydroxyl groups is 1. The number of hydrogen-bond donors (Lipinski definition) is 2. The molecule has 8 heteroatoms. The molecule has 2 rings (SSSR count). The van der Waals surface area contributed by atoms with Crippen molar-refractivity contribution in [3.8, 4) is 0 Å². The van der Waals surface area contributed by atoms with Crippen molar-refractivity contribution in [3.05, 3.63) is 12.2 Å². The molecule has 0 aromatic heterocycles. The molecule has 0 radical (unpaired) electrons. The maximum Gasteiger partial charge on any atom is 0.305 e. The number of methoxy groups -OCH3 is 1. The molecule has 8 atom stereocenters. The van der Waals surface area contributed by atoms with E-state index in [9.17, 15) is 15.0 Å². The first-order chi connectivity index (χ1) is 19.7. The molecule has 0 amide bonds. The van der Waals surface area contributed by atoms with Crippen LogP contribution in [0.4, 0.5) is 0 Å². The summed E-state index contributed by atoms with van der Waals surface area (Å²) in [5.74, 6) is 0.153. The van der Waals surface area contributed by atoms with Gasteiger partial charge in [-0.15, -0.1) is 0 Å². The van der Waals surface area contributed by atoms with Crippen molar-refractivity contribution in [3.63, 3.8) is 0 Å². The van der Waals surface area contributed by atoms with Gasteiger partial charge in [-0.05, 0) is 67.0 Å². The Balaban J connectivity index is 2.09. The maximum absolute atomic E-state index is 11.7. The highest BCUT2D eigenvalue weighted by Gasteiger charge is 2.48. The van der Waals surface area contributed by atoms with E-state index < -0.39 is 20.4 Å². The van der Waals surface area contributed by atoms with Gasteiger partial charge in [0.15, 0.2) is 0 Å². The van der Waals surface area contributed by atoms with Gasteiger partial charge in [0.1, 0.15) is 0 Å². The summed E-state index contributed by atoms with van der Waals surface area (Å²) in [6.07, 6.45) is 9.45. The van der Waals surface area contributed by atoms with Crippen molar-refractivity contribution in [1.29, 1.82) is 0 Å². The summed E-state index contributed by atoms with van der Waals surface area (Å²) in [6, 6.07) is 0. The van der Waals surface area contributed by atoms with Crippen LogP contribution in [0.5, 0.6) is 0 Å². The van der Waals surface area contributed by atoms with Crippen molar-refractivity contribution in [2.45, 2.75) is 179 Å². The van der Waals surface area contributed by atoms with E-state index in [2.05, 4.69) is 68.4 Å². The van der Waals surface area contributed by atoms with Gasteiger partial charge in [-0.25, -0.2) is 0 Å². The topological polar surface area (TPSA) is 94.5 Å². The Morgan fingerprint density at radius 3 is 2.07 bits per heavy atom. The fourth-order valence-corrected chi connectivity index (χ4v) is 13.2. The number of carbonyl (C=O) groups is 1. The molecule has 0 unspecified atom stereocenters. The third kappa shape index (κ3) is 11.3. The molecule has 0 aromatic carbocycles. The number of aliphatic carboxylic acids is 1. The summed E-state index contributed by atoms with van der Waals surface area (Å²) in [5.41, 5.74) is 1.39. The van der Waals surface area contributed by atoms with Gasteiger partial charge >= 0.3 is 5.97 Å². The van der Waals surface area contributed by atoms with Crippen LogP contribution in [0.1, 0.15) is 120 Å². The zero-order valence-corrected chi connectivity index (χ0v) is 29.4. The summed E-state index contributed by atoms with van der Waals surface area (Å²) in [6.45, 7) is 20.3. The minimum absolute atomic E-state index is 0.00795. The monoisotopic (exact) mass is 612 g/mol. The van der Waals surface area contributed by atoms with Gasteiger partial charge in [0.2, 0.25) is 8.32 Å². The number of allylic oxidation sites excluding steroid dienone is 1. The van der Waals surface area contributed by atoms with Gasteiger partial charge < -0.3 is 28.8 Å². The smallest absolute Gasteiger partial charge is 0.305 e. The van der Waals surface area contributed by atoms with E-state index >= 15 is 0 Å². The molecule has 2 saturated heterocycles. The van der Waals surface area contributed by atoms with Crippen LogP contribution < -0.4 is 0 Å². The second kappa shape index (κ2) is 17.6. The SMILES string of the molecule is CO[C@H](C[C@@H]1C[C@H](O[Si](C(C)C)(C(C)C)C(C)C)C[C@H](CC(=O)O)O1)C[C@H]1O[C@H](C[C@H](O)/C=C/CC(C)C)CC[C@@H]1C. The van der Waals surface area contributed by atoms with E-state index in [0.717, 1.165) is 32.1 Å². The molecule has 0 aliphatic carbocycles. The second-order valence-electron chi connectivity index (χ2n) is 14.5. The van der Waals surface area contributed by atoms with Crippen molar-refractivity contribution in [2.75, 3.05) is 7.11 Å². The molecule has 0 spiro atoms. The average Bonchev–Trinajstić information content (AvgIpc) is 2.87. The van der Waals surface area contributed by atoms with Crippen LogP contribution in [0.15, 0.2) is 12.2 Å². The average molecular weight is 613 g/mol. The highest BCUT2D eigenvalue weighted by molar-refractivity contribution is 6.77. The predicted octanol–water partition coefficient (Wildman–Crippen LogP) is 7.90. The molecule has 246 valence electrons. The van der Waals surface area contributed by atoms with Crippen LogP contribution in [-0.4, -0.2) is 74.3 Å². The Morgan fingerprint density at radius 2 is 1.52 bits per heavy atom. The van der Waals surface area contributed by atoms with Gasteiger partial charge in [0, 0.05) is 20.0 Å². The van der Waals surface area contributed by atoms with E-state index in [1.54, 1.807) is 7.11 Å². The van der Waals surface area contributed by atoms with Crippen molar-refractivity contribution in [1.82, 2.24) is 0 Å². The lowest BCUT2D eigenvalue weighted by atomic mass is 9.87. The van der Waals surface area contributed by atoms with E-state index in [0.29, 0.717) is 47.7 Å². The molecule has 2 aliphatic heterocycles. The van der Waals surface area contributed by atoms with E-state index in [4.69, 9.17) is 18.6 Å². The number of aliphatic hydroxyl groups excluding tert-OH is 1. The molecule has 2 fully saturated rings. The first kappa shape index (κ1) is 37.4. The largest absolute Gasteiger partial charge is 0.481 e. The minimum atomic E-state index is -2.12. The number of carboxylic acid groups (broad SMARTS) is 1. The zero-order chi connectivity index (χ0) is 31.6. The first-order valence-corrected chi connectivity index (χ1v) is 18.9. The summed E-state index contributed by atoms with van der Waals surface area (Å²) >= 11 is 0. The molecule has 0 aromatic rings. The van der Waals surface area contributed by atoms with Crippen LogP contribution in [0.3, 0.4) is 0 Å². The van der Waals surface area contributed by atoms with Crippen molar-refractivity contribution in [2.24, 2.45) is 11.8 Å². The lowest BCUT2D eigenvalue weighted by Gasteiger charge is -2.47. The summed E-state index contributed by atoms with van der Waals surface area (Å²) in [7, 11) is -0.373. The minimum Gasteiger partial charge on any atom is -0.481 e.